The van der Waals surface area contributed by atoms with Gasteiger partial charge in [-0.15, -0.1) is 0 Å². The zero-order chi connectivity index (χ0) is 13.2. The van der Waals surface area contributed by atoms with E-state index in [2.05, 4.69) is 0 Å². The van der Waals surface area contributed by atoms with Crippen LogP contribution in [0.1, 0.15) is 16.7 Å². The van der Waals surface area contributed by atoms with Crippen molar-refractivity contribution >= 4 is 19.7 Å². The van der Waals surface area contributed by atoms with Crippen LogP contribution in [0.3, 0.4) is 0 Å². The van der Waals surface area contributed by atoms with Crippen LogP contribution in [0.25, 0.3) is 0 Å². The normalized spacial score (nSPS) is 11.4. The summed E-state index contributed by atoms with van der Waals surface area (Å²) in [6.07, 6.45) is 0. The van der Waals surface area contributed by atoms with E-state index < -0.39 is 9.05 Å². The van der Waals surface area contributed by atoms with Gasteiger partial charge in [0.05, 0.1) is 20.0 Å². The maximum absolute atomic E-state index is 11.2. The van der Waals surface area contributed by atoms with Crippen LogP contribution in [-0.2, 0) is 14.8 Å². The quantitative estimate of drug-likeness (QED) is 0.794. The first-order chi connectivity index (χ1) is 7.80. The Morgan fingerprint density at radius 2 is 1.82 bits per heavy atom. The Hall–Kier alpha value is -0.940. The molecular weight excluding hydrogens is 264 g/mol. The zero-order valence-corrected chi connectivity index (χ0v) is 11.8. The second-order valence-electron chi connectivity index (χ2n) is 3.72. The van der Waals surface area contributed by atoms with Crippen LogP contribution in [0.2, 0.25) is 0 Å². The fraction of sp³-hybridized carbons (Fsp3) is 0.455. The van der Waals surface area contributed by atoms with E-state index in [1.54, 1.807) is 20.1 Å². The first-order valence-electron chi connectivity index (χ1n) is 4.93. The number of methoxy groups -OCH3 is 2. The van der Waals surface area contributed by atoms with Crippen LogP contribution < -0.4 is 9.47 Å². The molecular formula is C11H15ClO4S. The lowest BCUT2D eigenvalue weighted by atomic mass is 10.0. The van der Waals surface area contributed by atoms with Crippen LogP contribution in [0.4, 0.5) is 0 Å². The van der Waals surface area contributed by atoms with Gasteiger partial charge in [-0.2, -0.15) is 0 Å². The van der Waals surface area contributed by atoms with Crippen LogP contribution in [-0.4, -0.2) is 22.6 Å². The second kappa shape index (κ2) is 5.14. The number of ether oxygens (including phenoxy) is 2. The maximum atomic E-state index is 11.2. The molecule has 0 spiro atoms. The van der Waals surface area contributed by atoms with Gasteiger partial charge in [-0.05, 0) is 25.5 Å². The summed E-state index contributed by atoms with van der Waals surface area (Å²) in [5.74, 6) is 0.912. The molecule has 0 saturated carbocycles. The van der Waals surface area contributed by atoms with E-state index in [1.807, 2.05) is 6.92 Å². The molecule has 4 nitrogen and oxygen atoms in total. The van der Waals surface area contributed by atoms with Crippen molar-refractivity contribution in [3.05, 3.63) is 22.8 Å². The van der Waals surface area contributed by atoms with Crippen LogP contribution in [0.15, 0.2) is 6.07 Å². The van der Waals surface area contributed by atoms with E-state index in [0.717, 1.165) is 11.1 Å². The molecule has 0 aromatic heterocycles. The van der Waals surface area contributed by atoms with Gasteiger partial charge in [0, 0.05) is 21.8 Å². The molecule has 17 heavy (non-hydrogen) atoms. The van der Waals surface area contributed by atoms with Crippen LogP contribution in [0, 0.1) is 13.8 Å². The lowest BCUT2D eigenvalue weighted by Gasteiger charge is -2.16. The molecule has 0 radical (unpaired) electrons. The molecule has 0 amide bonds. The molecule has 0 N–H and O–H groups in total. The number of halogens is 1. The number of hydrogen-bond donors (Lipinski definition) is 0. The smallest absolute Gasteiger partial charge is 0.236 e. The molecule has 0 bridgehead atoms. The third-order valence-electron chi connectivity index (χ3n) is 2.55. The maximum Gasteiger partial charge on any atom is 0.236 e. The average Bonchev–Trinajstić information content (AvgIpc) is 2.21. The lowest BCUT2D eigenvalue weighted by Crippen LogP contribution is -2.04. The summed E-state index contributed by atoms with van der Waals surface area (Å²) in [5, 5.41) is 0. The van der Waals surface area contributed by atoms with E-state index in [0.29, 0.717) is 17.1 Å². The Balaban J connectivity index is 3.44. The van der Waals surface area contributed by atoms with Crippen LogP contribution in [0.5, 0.6) is 11.5 Å². The van der Waals surface area contributed by atoms with E-state index in [-0.39, 0.29) is 5.75 Å². The summed E-state index contributed by atoms with van der Waals surface area (Å²) >= 11 is 0. The van der Waals surface area contributed by atoms with Gasteiger partial charge in [-0.1, -0.05) is 0 Å². The Morgan fingerprint density at radius 1 is 1.24 bits per heavy atom. The standard InChI is InChI=1S/C11H15ClO4S/c1-7-5-10(15-3)8(2)11(16-4)9(7)6-17(12,13)14/h5H,6H2,1-4H3. The summed E-state index contributed by atoms with van der Waals surface area (Å²) in [7, 11) is 4.71. The van der Waals surface area contributed by atoms with Crippen molar-refractivity contribution in [3.8, 4) is 11.5 Å². The number of rotatable bonds is 4. The predicted octanol–water partition coefficient (Wildman–Crippen LogP) is 2.39. The van der Waals surface area contributed by atoms with Gasteiger partial charge in [0.15, 0.2) is 0 Å². The SMILES string of the molecule is COc1cc(C)c(CS(=O)(=O)Cl)c(OC)c1C. The van der Waals surface area contributed by atoms with E-state index in [4.69, 9.17) is 20.2 Å². The first kappa shape index (κ1) is 14.1. The van der Waals surface area contributed by atoms with E-state index >= 15 is 0 Å². The molecule has 0 atom stereocenters. The molecule has 0 fully saturated rings. The molecule has 0 heterocycles. The van der Waals surface area contributed by atoms with Gasteiger partial charge >= 0.3 is 0 Å². The molecule has 96 valence electrons. The van der Waals surface area contributed by atoms with Gasteiger partial charge < -0.3 is 9.47 Å². The third kappa shape index (κ3) is 3.26. The molecule has 0 aliphatic carbocycles. The Kier molecular flexibility index (Phi) is 4.27. The number of hydrogen-bond acceptors (Lipinski definition) is 4. The Morgan fingerprint density at radius 3 is 2.24 bits per heavy atom. The fourth-order valence-corrected chi connectivity index (χ4v) is 2.78. The van der Waals surface area contributed by atoms with Crippen molar-refractivity contribution in [2.75, 3.05) is 14.2 Å². The van der Waals surface area contributed by atoms with Crippen molar-refractivity contribution in [2.24, 2.45) is 0 Å². The van der Waals surface area contributed by atoms with E-state index in [1.165, 1.54) is 7.11 Å². The molecule has 0 saturated heterocycles. The van der Waals surface area contributed by atoms with Crippen LogP contribution >= 0.6 is 10.7 Å². The molecule has 0 aliphatic rings. The lowest BCUT2D eigenvalue weighted by molar-refractivity contribution is 0.385. The third-order valence-corrected chi connectivity index (χ3v) is 3.51. The zero-order valence-electron chi connectivity index (χ0n) is 10.2. The van der Waals surface area contributed by atoms with Crippen molar-refractivity contribution in [3.63, 3.8) is 0 Å². The largest absolute Gasteiger partial charge is 0.496 e. The van der Waals surface area contributed by atoms with Gasteiger partial charge in [0.25, 0.3) is 0 Å². The molecule has 0 aliphatic heterocycles. The summed E-state index contributed by atoms with van der Waals surface area (Å²) in [6, 6.07) is 1.77. The molecule has 6 heteroatoms. The highest BCUT2D eigenvalue weighted by Crippen LogP contribution is 2.35. The summed E-state index contributed by atoms with van der Waals surface area (Å²) in [4.78, 5) is 0. The number of benzene rings is 1. The second-order valence-corrected chi connectivity index (χ2v) is 6.49. The monoisotopic (exact) mass is 278 g/mol. The molecule has 0 unspecified atom stereocenters. The van der Waals surface area contributed by atoms with Gasteiger partial charge in [0.1, 0.15) is 11.5 Å². The van der Waals surface area contributed by atoms with Crippen molar-refractivity contribution in [2.45, 2.75) is 19.6 Å². The average molecular weight is 279 g/mol. The van der Waals surface area contributed by atoms with Crippen molar-refractivity contribution in [1.82, 2.24) is 0 Å². The highest BCUT2D eigenvalue weighted by molar-refractivity contribution is 8.13. The summed E-state index contributed by atoms with van der Waals surface area (Å²) in [6.45, 7) is 3.60. The van der Waals surface area contributed by atoms with E-state index in [9.17, 15) is 8.42 Å². The van der Waals surface area contributed by atoms with Gasteiger partial charge in [-0.3, -0.25) is 0 Å². The Bertz CT molecular complexity index is 523. The minimum Gasteiger partial charge on any atom is -0.496 e. The highest BCUT2D eigenvalue weighted by atomic mass is 35.7. The van der Waals surface area contributed by atoms with Crippen molar-refractivity contribution < 1.29 is 17.9 Å². The number of aryl methyl sites for hydroxylation is 1. The summed E-state index contributed by atoms with van der Waals surface area (Å²) in [5.41, 5.74) is 2.10. The summed E-state index contributed by atoms with van der Waals surface area (Å²) < 4.78 is 32.8. The minimum atomic E-state index is -3.62. The van der Waals surface area contributed by atoms with Crippen molar-refractivity contribution in [1.29, 1.82) is 0 Å². The topological polar surface area (TPSA) is 52.6 Å². The van der Waals surface area contributed by atoms with Gasteiger partial charge in [-0.25, -0.2) is 8.42 Å². The minimum absolute atomic E-state index is 0.256. The molecule has 1 aromatic carbocycles. The highest BCUT2D eigenvalue weighted by Gasteiger charge is 2.19. The predicted molar refractivity (Wildman–Crippen MR) is 67.5 cm³/mol. The Labute approximate surface area is 106 Å². The fourth-order valence-electron chi connectivity index (χ4n) is 1.75. The first-order valence-corrected chi connectivity index (χ1v) is 7.41. The molecule has 1 rings (SSSR count). The molecule has 1 aromatic rings. The van der Waals surface area contributed by atoms with Gasteiger partial charge in [0.2, 0.25) is 9.05 Å².